The molecule has 0 spiro atoms. The van der Waals surface area contributed by atoms with E-state index in [1.54, 1.807) is 13.8 Å². The smallest absolute Gasteiger partial charge is 0.389 e. The van der Waals surface area contributed by atoms with Gasteiger partial charge in [-0.2, -0.15) is 13.2 Å². The summed E-state index contributed by atoms with van der Waals surface area (Å²) in [5.41, 5.74) is -0.382. The summed E-state index contributed by atoms with van der Waals surface area (Å²) in [5.74, 6) is -1.84. The molecule has 1 rings (SSSR count). The molecule has 26 heavy (non-hydrogen) atoms. The molecule has 0 atom stereocenters. The highest BCUT2D eigenvalue weighted by Gasteiger charge is 2.42. The van der Waals surface area contributed by atoms with Crippen LogP contribution < -0.4 is 5.32 Å². The quantitative estimate of drug-likeness (QED) is 0.694. The van der Waals surface area contributed by atoms with Gasteiger partial charge in [0.05, 0.1) is 18.1 Å². The number of aliphatic hydroxyl groups excluding tert-OH is 1. The molecule has 0 aliphatic heterocycles. The maximum absolute atomic E-state index is 12.3. The molecule has 150 valence electrons. The molecule has 0 bridgehead atoms. The van der Waals surface area contributed by atoms with E-state index >= 15 is 0 Å². The van der Waals surface area contributed by atoms with Gasteiger partial charge < -0.3 is 9.63 Å². The summed E-state index contributed by atoms with van der Waals surface area (Å²) in [4.78, 5) is 12.3. The van der Waals surface area contributed by atoms with Crippen LogP contribution in [0.4, 0.5) is 19.1 Å². The number of alkyl halides is 3. The molecule has 0 unspecified atom stereocenters. The third-order valence-corrected chi connectivity index (χ3v) is 6.60. The predicted molar refractivity (Wildman–Crippen MR) is 88.4 cm³/mol. The van der Waals surface area contributed by atoms with Gasteiger partial charge in [0, 0.05) is 17.9 Å². The van der Waals surface area contributed by atoms with Crippen molar-refractivity contribution in [1.82, 2.24) is 5.16 Å². The molecule has 1 aromatic rings. The number of hydrogen-bond acceptors (Lipinski definition) is 6. The van der Waals surface area contributed by atoms with Gasteiger partial charge in [0.1, 0.15) is 4.75 Å². The van der Waals surface area contributed by atoms with Crippen molar-refractivity contribution < 1.29 is 36.0 Å². The Labute approximate surface area is 149 Å². The lowest BCUT2D eigenvalue weighted by molar-refractivity contribution is -0.134. The summed E-state index contributed by atoms with van der Waals surface area (Å²) in [6.45, 7) is 5.36. The second-order valence-corrected chi connectivity index (χ2v) is 9.78. The second-order valence-electron chi connectivity index (χ2n) is 7.12. The van der Waals surface area contributed by atoms with Gasteiger partial charge in [0.15, 0.2) is 9.84 Å². The van der Waals surface area contributed by atoms with E-state index in [1.165, 1.54) is 6.07 Å². The Hall–Kier alpha value is -1.62. The molecule has 0 aromatic carbocycles. The SMILES string of the molecule is CC(C)(CO)c1cc(NC(=O)C(C)(C)S(=O)(=O)CCCC(F)(F)F)on1. The maximum atomic E-state index is 12.3. The number of hydrogen-bond donors (Lipinski definition) is 2. The largest absolute Gasteiger partial charge is 0.395 e. The highest BCUT2D eigenvalue weighted by atomic mass is 32.2. The van der Waals surface area contributed by atoms with Crippen LogP contribution in [0, 0.1) is 0 Å². The zero-order chi connectivity index (χ0) is 20.4. The van der Waals surface area contributed by atoms with Crippen LogP contribution in [-0.4, -0.2) is 47.9 Å². The molecule has 7 nitrogen and oxygen atoms in total. The number of amides is 1. The Balaban J connectivity index is 2.84. The zero-order valence-electron chi connectivity index (χ0n) is 15.0. The number of rotatable bonds is 8. The number of halogens is 3. The molecule has 2 N–H and O–H groups in total. The molecule has 0 radical (unpaired) electrons. The fourth-order valence-corrected chi connectivity index (χ4v) is 3.22. The normalized spacial score (nSPS) is 13.7. The van der Waals surface area contributed by atoms with Crippen molar-refractivity contribution >= 4 is 21.6 Å². The van der Waals surface area contributed by atoms with Gasteiger partial charge >= 0.3 is 6.18 Å². The van der Waals surface area contributed by atoms with Gasteiger partial charge in [-0.15, -0.1) is 0 Å². The Morgan fingerprint density at radius 1 is 1.27 bits per heavy atom. The van der Waals surface area contributed by atoms with Crippen molar-refractivity contribution in [3.63, 3.8) is 0 Å². The fraction of sp³-hybridized carbons (Fsp3) is 0.733. The Morgan fingerprint density at radius 2 is 1.85 bits per heavy atom. The van der Waals surface area contributed by atoms with Crippen molar-refractivity contribution in [2.24, 2.45) is 0 Å². The third-order valence-electron chi connectivity index (χ3n) is 4.03. The van der Waals surface area contributed by atoms with Crippen LogP contribution in [0.2, 0.25) is 0 Å². The van der Waals surface area contributed by atoms with Crippen molar-refractivity contribution in [1.29, 1.82) is 0 Å². The Bertz CT molecular complexity index is 739. The van der Waals surface area contributed by atoms with E-state index in [-0.39, 0.29) is 12.5 Å². The number of aliphatic hydroxyl groups is 1. The summed E-state index contributed by atoms with van der Waals surface area (Å²) in [7, 11) is -4.14. The van der Waals surface area contributed by atoms with E-state index in [9.17, 15) is 31.5 Å². The average Bonchev–Trinajstić information content (AvgIpc) is 2.94. The van der Waals surface area contributed by atoms with Crippen LogP contribution >= 0.6 is 0 Å². The van der Waals surface area contributed by atoms with Gasteiger partial charge in [0.2, 0.25) is 11.8 Å². The summed E-state index contributed by atoms with van der Waals surface area (Å²) < 4.78 is 64.1. The monoisotopic (exact) mass is 400 g/mol. The summed E-state index contributed by atoms with van der Waals surface area (Å²) in [6, 6.07) is 1.35. The molecule has 0 saturated heterocycles. The first-order valence-electron chi connectivity index (χ1n) is 7.81. The number of carbonyl (C=O) groups is 1. The number of anilines is 1. The maximum Gasteiger partial charge on any atom is 0.389 e. The molecule has 0 aliphatic carbocycles. The molecule has 0 aliphatic rings. The van der Waals surface area contributed by atoms with Crippen molar-refractivity contribution in [3.8, 4) is 0 Å². The van der Waals surface area contributed by atoms with Crippen LogP contribution in [-0.2, 0) is 20.0 Å². The van der Waals surface area contributed by atoms with Gasteiger partial charge in [0.25, 0.3) is 0 Å². The van der Waals surface area contributed by atoms with Crippen LogP contribution in [0.15, 0.2) is 10.6 Å². The molecular weight excluding hydrogens is 377 g/mol. The molecule has 1 heterocycles. The van der Waals surface area contributed by atoms with Crippen LogP contribution in [0.25, 0.3) is 0 Å². The van der Waals surface area contributed by atoms with Crippen molar-refractivity contribution in [2.45, 2.75) is 56.9 Å². The Morgan fingerprint density at radius 3 is 2.35 bits per heavy atom. The lowest BCUT2D eigenvalue weighted by Crippen LogP contribution is -2.45. The van der Waals surface area contributed by atoms with Gasteiger partial charge in [-0.25, -0.2) is 8.42 Å². The first kappa shape index (κ1) is 22.4. The van der Waals surface area contributed by atoms with Crippen LogP contribution in [0.5, 0.6) is 0 Å². The number of carbonyl (C=O) groups excluding carboxylic acids is 1. The summed E-state index contributed by atoms with van der Waals surface area (Å²) in [6.07, 6.45) is -6.33. The summed E-state index contributed by atoms with van der Waals surface area (Å²) in [5, 5.41) is 15.3. The minimum atomic E-state index is -4.46. The van der Waals surface area contributed by atoms with Gasteiger partial charge in [-0.05, 0) is 20.3 Å². The predicted octanol–water partition coefficient (Wildman–Crippen LogP) is 2.42. The minimum Gasteiger partial charge on any atom is -0.395 e. The summed E-state index contributed by atoms with van der Waals surface area (Å²) >= 11 is 0. The highest BCUT2D eigenvalue weighted by Crippen LogP contribution is 2.27. The molecule has 0 fully saturated rings. The number of sulfone groups is 1. The van der Waals surface area contributed by atoms with E-state index in [0.717, 1.165) is 13.8 Å². The first-order chi connectivity index (χ1) is 11.6. The molecule has 11 heteroatoms. The zero-order valence-corrected chi connectivity index (χ0v) is 15.8. The average molecular weight is 400 g/mol. The fourth-order valence-electron chi connectivity index (χ4n) is 1.86. The lowest BCUT2D eigenvalue weighted by atomic mass is 9.91. The van der Waals surface area contributed by atoms with Crippen LogP contribution in [0.3, 0.4) is 0 Å². The van der Waals surface area contributed by atoms with E-state index < -0.39 is 50.7 Å². The second kappa shape index (κ2) is 7.55. The Kier molecular flexibility index (Phi) is 6.51. The van der Waals surface area contributed by atoms with E-state index in [4.69, 9.17) is 4.52 Å². The van der Waals surface area contributed by atoms with E-state index in [2.05, 4.69) is 10.5 Å². The molecular formula is C15H23F3N2O5S. The third kappa shape index (κ3) is 5.44. The van der Waals surface area contributed by atoms with Crippen LogP contribution in [0.1, 0.15) is 46.2 Å². The minimum absolute atomic E-state index is 0.120. The highest BCUT2D eigenvalue weighted by molar-refractivity contribution is 7.93. The molecule has 0 saturated carbocycles. The van der Waals surface area contributed by atoms with Gasteiger partial charge in [-0.1, -0.05) is 19.0 Å². The van der Waals surface area contributed by atoms with E-state index in [1.807, 2.05) is 0 Å². The lowest BCUT2D eigenvalue weighted by Gasteiger charge is -2.23. The number of nitrogens with one attached hydrogen (secondary N) is 1. The topological polar surface area (TPSA) is 110 Å². The standard InChI is InChI=1S/C15H23F3N2O5S/c1-13(2,9-21)10-8-11(25-20-10)19-12(22)14(3,4)26(23,24)7-5-6-15(16,17)18/h8,21H,5-7,9H2,1-4H3,(H,19,22). The molecule has 1 aromatic heterocycles. The van der Waals surface area contributed by atoms with Gasteiger partial charge in [-0.3, -0.25) is 10.1 Å². The van der Waals surface area contributed by atoms with Crippen molar-refractivity contribution in [3.05, 3.63) is 11.8 Å². The van der Waals surface area contributed by atoms with E-state index in [0.29, 0.717) is 5.69 Å². The van der Waals surface area contributed by atoms with Crippen molar-refractivity contribution in [2.75, 3.05) is 17.7 Å². The molecule has 1 amide bonds. The number of aromatic nitrogens is 1. The first-order valence-corrected chi connectivity index (χ1v) is 9.46. The number of nitrogens with zero attached hydrogens (tertiary/aromatic N) is 1.